The molecule has 1 amide bonds. The van der Waals surface area contributed by atoms with Crippen molar-refractivity contribution >= 4 is 15.7 Å². The van der Waals surface area contributed by atoms with E-state index in [4.69, 9.17) is 0 Å². The number of quaternary nitrogens is 1. The highest BCUT2D eigenvalue weighted by Crippen LogP contribution is 2.10. The molecule has 0 atom stereocenters. The summed E-state index contributed by atoms with van der Waals surface area (Å²) in [6.45, 7) is 4.76. The van der Waals surface area contributed by atoms with Crippen molar-refractivity contribution in [3.8, 4) is 0 Å². The largest absolute Gasteiger partial charge is 0.356 e. The minimum atomic E-state index is -2.88. The van der Waals surface area contributed by atoms with E-state index in [1.807, 2.05) is 0 Å². The lowest BCUT2D eigenvalue weighted by Crippen LogP contribution is -2.43. The molecule has 0 fully saturated rings. The monoisotopic (exact) mass is 487 g/mol. The van der Waals surface area contributed by atoms with E-state index in [0.717, 1.165) is 36.8 Å². The number of carbonyl (C=O) groups is 1. The maximum absolute atomic E-state index is 12.0. The van der Waals surface area contributed by atoms with E-state index in [1.54, 1.807) is 0 Å². The molecule has 0 aliphatic heterocycles. The molecule has 0 radical (unpaired) electrons. The molecule has 0 aromatic carbocycles. The van der Waals surface area contributed by atoms with Crippen LogP contribution in [0.25, 0.3) is 0 Å². The van der Waals surface area contributed by atoms with Gasteiger partial charge in [0.1, 0.15) is 9.84 Å². The molecule has 0 saturated carbocycles. The van der Waals surface area contributed by atoms with Gasteiger partial charge in [0.05, 0.1) is 32.9 Å². The average Bonchev–Trinajstić information content (AvgIpc) is 2.73. The van der Waals surface area contributed by atoms with Crippen LogP contribution < -0.4 is 5.32 Å². The summed E-state index contributed by atoms with van der Waals surface area (Å²) in [5.41, 5.74) is 0. The molecule has 0 rings (SSSR count). The molecule has 0 heterocycles. The van der Waals surface area contributed by atoms with Gasteiger partial charge in [0.2, 0.25) is 5.91 Å². The molecule has 0 aliphatic carbocycles. The van der Waals surface area contributed by atoms with Gasteiger partial charge in [-0.15, -0.1) is 0 Å². The fourth-order valence-electron chi connectivity index (χ4n) is 4.05. The molecule has 196 valence electrons. The Morgan fingerprint density at radius 3 is 1.85 bits per heavy atom. The lowest BCUT2D eigenvalue weighted by atomic mass is 10.1. The summed E-state index contributed by atoms with van der Waals surface area (Å²) in [4.78, 5) is 12.0. The fraction of sp³-hybridized carbons (Fsp3) is 0.889. The van der Waals surface area contributed by atoms with Crippen molar-refractivity contribution in [2.45, 2.75) is 110 Å². The molecule has 5 nitrogen and oxygen atoms in total. The third-order valence-electron chi connectivity index (χ3n) is 6.21. The molecular formula is C27H55N2O3S+. The Labute approximate surface area is 206 Å². The second-order valence-corrected chi connectivity index (χ2v) is 12.7. The van der Waals surface area contributed by atoms with Crippen LogP contribution in [0.4, 0.5) is 0 Å². The van der Waals surface area contributed by atoms with Gasteiger partial charge in [-0.05, 0) is 32.1 Å². The highest BCUT2D eigenvalue weighted by atomic mass is 32.2. The topological polar surface area (TPSA) is 63.2 Å². The van der Waals surface area contributed by atoms with Gasteiger partial charge in [-0.1, -0.05) is 70.4 Å². The van der Waals surface area contributed by atoms with Crippen LogP contribution in [-0.2, 0) is 14.6 Å². The molecule has 0 aromatic rings. The Kier molecular flexibility index (Phi) is 19.9. The predicted octanol–water partition coefficient (Wildman–Crippen LogP) is 6.04. The number of nitrogens with one attached hydrogen (secondary N) is 1. The normalized spacial score (nSPS) is 12.5. The van der Waals surface area contributed by atoms with Gasteiger partial charge in [-0.3, -0.25) is 4.79 Å². The van der Waals surface area contributed by atoms with Gasteiger partial charge < -0.3 is 9.80 Å². The van der Waals surface area contributed by atoms with Gasteiger partial charge in [0, 0.05) is 32.1 Å². The number of hydrogen-bond acceptors (Lipinski definition) is 3. The van der Waals surface area contributed by atoms with E-state index in [1.165, 1.54) is 76.9 Å². The Hall–Kier alpha value is -0.880. The number of amides is 1. The molecule has 1 N–H and O–H groups in total. The number of carbonyl (C=O) groups excluding carboxylic acids is 1. The van der Waals surface area contributed by atoms with Crippen molar-refractivity contribution < 1.29 is 17.7 Å². The minimum absolute atomic E-state index is 0.162. The van der Waals surface area contributed by atoms with E-state index in [-0.39, 0.29) is 11.7 Å². The quantitative estimate of drug-likeness (QED) is 0.109. The van der Waals surface area contributed by atoms with Crippen molar-refractivity contribution in [2.75, 3.05) is 45.7 Å². The van der Waals surface area contributed by atoms with E-state index < -0.39 is 9.84 Å². The zero-order chi connectivity index (χ0) is 24.8. The second-order valence-electron chi connectivity index (χ2n) is 10.4. The predicted molar refractivity (Wildman–Crippen MR) is 143 cm³/mol. The first-order valence-corrected chi connectivity index (χ1v) is 15.6. The van der Waals surface area contributed by atoms with Gasteiger partial charge >= 0.3 is 0 Å². The lowest BCUT2D eigenvalue weighted by molar-refractivity contribution is -0.890. The summed E-state index contributed by atoms with van der Waals surface area (Å²) in [6, 6.07) is 0. The first-order chi connectivity index (χ1) is 15.7. The summed E-state index contributed by atoms with van der Waals surface area (Å²) in [7, 11) is 1.36. The Balaban J connectivity index is 3.48. The van der Waals surface area contributed by atoms with Crippen LogP contribution in [0, 0.1) is 0 Å². The van der Waals surface area contributed by atoms with Crippen molar-refractivity contribution in [1.29, 1.82) is 0 Å². The highest BCUT2D eigenvalue weighted by Gasteiger charge is 2.15. The van der Waals surface area contributed by atoms with Gasteiger partial charge in [-0.25, -0.2) is 8.42 Å². The molecular weight excluding hydrogens is 432 g/mol. The van der Waals surface area contributed by atoms with Crippen LogP contribution in [0.5, 0.6) is 0 Å². The van der Waals surface area contributed by atoms with Crippen LogP contribution in [0.1, 0.15) is 110 Å². The van der Waals surface area contributed by atoms with Crippen LogP contribution in [0.3, 0.4) is 0 Å². The number of rotatable bonds is 23. The molecule has 0 spiro atoms. The maximum Gasteiger partial charge on any atom is 0.219 e. The number of allylic oxidation sites excluding steroid dienone is 2. The summed E-state index contributed by atoms with van der Waals surface area (Å²) in [5, 5.41) is 3.03. The molecule has 0 aromatic heterocycles. The van der Waals surface area contributed by atoms with Gasteiger partial charge in [-0.2, -0.15) is 0 Å². The molecule has 0 aliphatic rings. The van der Waals surface area contributed by atoms with Crippen molar-refractivity contribution in [3.05, 3.63) is 12.2 Å². The standard InChI is InChI=1S/C27H54N2O3S/c1-5-6-7-8-9-10-11-12-13-14-15-16-17-18-19-22-27(30)28-23-20-24-29(2,3)25-21-26-33(4,31)32/h12-13H,5-11,14-26H2,1-4H3/p+1/b13-12-. The molecule has 33 heavy (non-hydrogen) atoms. The smallest absolute Gasteiger partial charge is 0.219 e. The van der Waals surface area contributed by atoms with Crippen LogP contribution in [0.2, 0.25) is 0 Å². The van der Waals surface area contributed by atoms with E-state index >= 15 is 0 Å². The average molecular weight is 488 g/mol. The molecule has 6 heteroatoms. The van der Waals surface area contributed by atoms with Crippen LogP contribution in [-0.4, -0.2) is 64.5 Å². The molecule has 0 bridgehead atoms. The summed E-state index contributed by atoms with van der Waals surface area (Å²) in [6.07, 6.45) is 24.7. The van der Waals surface area contributed by atoms with Crippen molar-refractivity contribution in [2.24, 2.45) is 0 Å². The van der Waals surface area contributed by atoms with Gasteiger partial charge in [0.15, 0.2) is 0 Å². The highest BCUT2D eigenvalue weighted by molar-refractivity contribution is 7.90. The summed E-state index contributed by atoms with van der Waals surface area (Å²) in [5.74, 6) is 0.413. The number of sulfone groups is 1. The third-order valence-corrected chi connectivity index (χ3v) is 7.24. The number of unbranched alkanes of at least 4 members (excludes halogenated alkanes) is 11. The summed E-state index contributed by atoms with van der Waals surface area (Å²) < 4.78 is 23.3. The zero-order valence-electron chi connectivity index (χ0n) is 22.4. The fourth-order valence-corrected chi connectivity index (χ4v) is 4.70. The SMILES string of the molecule is CCCCCCCC/C=C\CCCCCCCC(=O)NCCC[N+](C)(C)CCCS(C)(=O)=O. The Morgan fingerprint density at radius 1 is 0.758 bits per heavy atom. The van der Waals surface area contributed by atoms with E-state index in [2.05, 4.69) is 38.5 Å². The third kappa shape index (κ3) is 25.6. The molecule has 0 unspecified atom stereocenters. The lowest BCUT2D eigenvalue weighted by Gasteiger charge is -2.29. The summed E-state index contributed by atoms with van der Waals surface area (Å²) >= 11 is 0. The van der Waals surface area contributed by atoms with Crippen LogP contribution >= 0.6 is 0 Å². The zero-order valence-corrected chi connectivity index (χ0v) is 23.2. The Morgan fingerprint density at radius 2 is 1.27 bits per heavy atom. The first-order valence-electron chi connectivity index (χ1n) is 13.6. The second kappa shape index (κ2) is 20.5. The van der Waals surface area contributed by atoms with Gasteiger partial charge in [0.25, 0.3) is 0 Å². The first kappa shape index (κ1) is 32.1. The number of hydrogen-bond donors (Lipinski definition) is 1. The molecule has 0 saturated heterocycles. The van der Waals surface area contributed by atoms with E-state index in [0.29, 0.717) is 19.4 Å². The Bertz CT molecular complexity index is 600. The van der Waals surface area contributed by atoms with Crippen molar-refractivity contribution in [1.82, 2.24) is 5.32 Å². The van der Waals surface area contributed by atoms with Crippen LogP contribution in [0.15, 0.2) is 12.2 Å². The maximum atomic E-state index is 12.0. The van der Waals surface area contributed by atoms with E-state index in [9.17, 15) is 13.2 Å². The van der Waals surface area contributed by atoms with Crippen molar-refractivity contribution in [3.63, 3.8) is 0 Å². The minimum Gasteiger partial charge on any atom is -0.356 e. The number of nitrogens with zero attached hydrogens (tertiary/aromatic N) is 1.